The number of hydrogen-bond acceptors (Lipinski definition) is 4. The van der Waals surface area contributed by atoms with Crippen LogP contribution >= 0.6 is 0 Å². The Morgan fingerprint density at radius 1 is 1.50 bits per heavy atom. The fourth-order valence-corrected chi connectivity index (χ4v) is 2.26. The van der Waals surface area contributed by atoms with Gasteiger partial charge in [-0.2, -0.15) is 13.5 Å². The molecule has 4 N–H and O–H groups in total. The van der Waals surface area contributed by atoms with Crippen LogP contribution in [0.5, 0.6) is 0 Å². The highest BCUT2D eigenvalue weighted by Gasteiger charge is 2.16. The predicted octanol–water partition coefficient (Wildman–Crippen LogP) is -0.577. The van der Waals surface area contributed by atoms with Crippen LogP contribution in [0.25, 0.3) is 0 Å². The van der Waals surface area contributed by atoms with Gasteiger partial charge in [0, 0.05) is 6.20 Å². The molecule has 0 unspecified atom stereocenters. The molecule has 0 amide bonds. The number of piperidine rings is 1. The number of nitrogens with zero attached hydrogens (tertiary/aromatic N) is 2. The average Bonchev–Trinajstić information content (AvgIpc) is 2.65. The molecule has 0 saturated carbocycles. The molecule has 1 aromatic heterocycles. The van der Waals surface area contributed by atoms with E-state index in [-0.39, 0.29) is 0 Å². The van der Waals surface area contributed by atoms with Gasteiger partial charge in [-0.25, -0.2) is 5.14 Å². The van der Waals surface area contributed by atoms with Crippen LogP contribution in [0.1, 0.15) is 18.9 Å². The van der Waals surface area contributed by atoms with Crippen molar-refractivity contribution in [2.75, 3.05) is 17.8 Å². The molecule has 7 nitrogen and oxygen atoms in total. The summed E-state index contributed by atoms with van der Waals surface area (Å²) >= 11 is 0. The van der Waals surface area contributed by atoms with E-state index in [1.54, 1.807) is 10.9 Å². The zero-order valence-electron chi connectivity index (χ0n) is 8.76. The fourth-order valence-electron chi connectivity index (χ4n) is 1.83. The van der Waals surface area contributed by atoms with Crippen molar-refractivity contribution in [3.63, 3.8) is 0 Å². The topological polar surface area (TPSA) is 102 Å². The summed E-state index contributed by atoms with van der Waals surface area (Å²) in [6, 6.07) is 0.331. The monoisotopic (exact) mass is 245 g/mol. The van der Waals surface area contributed by atoms with Gasteiger partial charge in [0.25, 0.3) is 10.2 Å². The van der Waals surface area contributed by atoms with E-state index in [0.29, 0.717) is 11.7 Å². The molecule has 1 fully saturated rings. The Kier molecular flexibility index (Phi) is 3.13. The first-order valence-electron chi connectivity index (χ1n) is 5.10. The molecule has 2 heterocycles. The van der Waals surface area contributed by atoms with E-state index in [2.05, 4.69) is 15.1 Å². The van der Waals surface area contributed by atoms with Crippen molar-refractivity contribution in [3.05, 3.63) is 12.4 Å². The molecule has 0 spiro atoms. The number of rotatable bonds is 3. The van der Waals surface area contributed by atoms with Gasteiger partial charge >= 0.3 is 0 Å². The molecule has 0 aromatic carbocycles. The lowest BCUT2D eigenvalue weighted by Crippen LogP contribution is -2.29. The van der Waals surface area contributed by atoms with Gasteiger partial charge < -0.3 is 5.32 Å². The van der Waals surface area contributed by atoms with Crippen LogP contribution in [0.2, 0.25) is 0 Å². The van der Waals surface area contributed by atoms with E-state index in [4.69, 9.17) is 5.14 Å². The molecule has 8 heteroatoms. The van der Waals surface area contributed by atoms with Crippen LogP contribution < -0.4 is 15.2 Å². The molecule has 0 bridgehead atoms. The first kappa shape index (κ1) is 11.4. The van der Waals surface area contributed by atoms with Crippen molar-refractivity contribution in [3.8, 4) is 0 Å². The van der Waals surface area contributed by atoms with Crippen LogP contribution in [0.3, 0.4) is 0 Å². The highest BCUT2D eigenvalue weighted by molar-refractivity contribution is 7.90. The number of anilines is 1. The minimum atomic E-state index is -3.71. The SMILES string of the molecule is NS(=O)(=O)Nc1cnn(C2CCNCC2)c1. The van der Waals surface area contributed by atoms with Crippen LogP contribution in [-0.4, -0.2) is 31.3 Å². The molecule has 90 valence electrons. The van der Waals surface area contributed by atoms with Gasteiger partial charge in [-0.05, 0) is 25.9 Å². The highest BCUT2D eigenvalue weighted by Crippen LogP contribution is 2.19. The number of nitrogens with one attached hydrogen (secondary N) is 2. The van der Waals surface area contributed by atoms with Crippen molar-refractivity contribution in [1.82, 2.24) is 15.1 Å². The summed E-state index contributed by atoms with van der Waals surface area (Å²) in [5, 5.41) is 12.3. The zero-order chi connectivity index (χ0) is 11.6. The molecular weight excluding hydrogens is 230 g/mol. The van der Waals surface area contributed by atoms with E-state index < -0.39 is 10.2 Å². The molecule has 1 saturated heterocycles. The third kappa shape index (κ3) is 2.94. The minimum Gasteiger partial charge on any atom is -0.317 e. The minimum absolute atomic E-state index is 0.331. The van der Waals surface area contributed by atoms with Crippen molar-refractivity contribution < 1.29 is 8.42 Å². The lowest BCUT2D eigenvalue weighted by Gasteiger charge is -2.22. The maximum atomic E-state index is 10.8. The van der Waals surface area contributed by atoms with Crippen LogP contribution in [0, 0.1) is 0 Å². The lowest BCUT2D eigenvalue weighted by atomic mass is 10.1. The van der Waals surface area contributed by atoms with E-state index in [1.807, 2.05) is 0 Å². The molecule has 1 aliphatic rings. The smallest absolute Gasteiger partial charge is 0.296 e. The standard InChI is InChI=1S/C8H15N5O2S/c9-16(14,15)12-7-5-11-13(6-7)8-1-3-10-4-2-8/h5-6,8,10,12H,1-4H2,(H2,9,14,15). The van der Waals surface area contributed by atoms with E-state index in [9.17, 15) is 8.42 Å². The van der Waals surface area contributed by atoms with Crippen molar-refractivity contribution in [2.24, 2.45) is 5.14 Å². The van der Waals surface area contributed by atoms with E-state index in [0.717, 1.165) is 25.9 Å². The molecule has 1 aromatic rings. The van der Waals surface area contributed by atoms with E-state index in [1.165, 1.54) is 6.20 Å². The third-order valence-electron chi connectivity index (χ3n) is 2.54. The van der Waals surface area contributed by atoms with Gasteiger partial charge in [-0.1, -0.05) is 0 Å². The summed E-state index contributed by atoms with van der Waals surface area (Å²) in [7, 11) is -3.71. The Labute approximate surface area is 94.2 Å². The van der Waals surface area contributed by atoms with Gasteiger partial charge in [-0.3, -0.25) is 9.40 Å². The summed E-state index contributed by atoms with van der Waals surface area (Å²) in [5.41, 5.74) is 0.404. The van der Waals surface area contributed by atoms with Gasteiger partial charge in [0.1, 0.15) is 0 Å². The Balaban J connectivity index is 2.06. The van der Waals surface area contributed by atoms with Crippen molar-refractivity contribution in [2.45, 2.75) is 18.9 Å². The van der Waals surface area contributed by atoms with Gasteiger partial charge in [0.15, 0.2) is 0 Å². The first-order chi connectivity index (χ1) is 7.54. The van der Waals surface area contributed by atoms with Crippen molar-refractivity contribution in [1.29, 1.82) is 0 Å². The highest BCUT2D eigenvalue weighted by atomic mass is 32.2. The number of nitrogens with two attached hydrogens (primary N) is 1. The fraction of sp³-hybridized carbons (Fsp3) is 0.625. The second-order valence-electron chi connectivity index (χ2n) is 3.84. The maximum Gasteiger partial charge on any atom is 0.296 e. The molecule has 0 aliphatic carbocycles. The number of aromatic nitrogens is 2. The Morgan fingerprint density at radius 3 is 2.81 bits per heavy atom. The molecular formula is C8H15N5O2S. The van der Waals surface area contributed by atoms with Gasteiger partial charge in [0.05, 0.1) is 17.9 Å². The first-order valence-corrected chi connectivity index (χ1v) is 6.65. The third-order valence-corrected chi connectivity index (χ3v) is 3.06. The predicted molar refractivity (Wildman–Crippen MR) is 60.1 cm³/mol. The second kappa shape index (κ2) is 4.40. The largest absolute Gasteiger partial charge is 0.317 e. The van der Waals surface area contributed by atoms with Crippen LogP contribution in [0.15, 0.2) is 12.4 Å². The summed E-state index contributed by atoms with van der Waals surface area (Å²) in [5.74, 6) is 0. The molecule has 0 radical (unpaired) electrons. The van der Waals surface area contributed by atoms with Crippen LogP contribution in [0.4, 0.5) is 5.69 Å². The molecule has 2 rings (SSSR count). The molecule has 0 atom stereocenters. The quantitative estimate of drug-likeness (QED) is 0.663. The summed E-state index contributed by atoms with van der Waals surface area (Å²) in [6.45, 7) is 1.92. The second-order valence-corrected chi connectivity index (χ2v) is 5.13. The average molecular weight is 245 g/mol. The van der Waals surface area contributed by atoms with Gasteiger partial charge in [0.2, 0.25) is 0 Å². The van der Waals surface area contributed by atoms with Gasteiger partial charge in [-0.15, -0.1) is 0 Å². The Morgan fingerprint density at radius 2 is 2.19 bits per heavy atom. The molecule has 1 aliphatic heterocycles. The Hall–Kier alpha value is -1.12. The summed E-state index contributed by atoms with van der Waals surface area (Å²) in [6.07, 6.45) is 5.12. The summed E-state index contributed by atoms with van der Waals surface area (Å²) in [4.78, 5) is 0. The lowest BCUT2D eigenvalue weighted by molar-refractivity contribution is 0.343. The van der Waals surface area contributed by atoms with Crippen molar-refractivity contribution >= 4 is 15.9 Å². The number of hydrogen-bond donors (Lipinski definition) is 3. The maximum absolute atomic E-state index is 10.8. The normalized spacial score (nSPS) is 18.6. The van der Waals surface area contributed by atoms with E-state index >= 15 is 0 Å². The summed E-state index contributed by atoms with van der Waals surface area (Å²) < 4.78 is 25.6. The van der Waals surface area contributed by atoms with Crippen LogP contribution in [-0.2, 0) is 10.2 Å². The molecule has 16 heavy (non-hydrogen) atoms. The zero-order valence-corrected chi connectivity index (χ0v) is 9.57. The Bertz CT molecular complexity index is 449.